The molecule has 22 heavy (non-hydrogen) atoms. The van der Waals surface area contributed by atoms with E-state index in [4.69, 9.17) is 10.8 Å². The van der Waals surface area contributed by atoms with E-state index in [1.807, 2.05) is 6.92 Å². The zero-order valence-corrected chi connectivity index (χ0v) is 12.6. The van der Waals surface area contributed by atoms with Crippen LogP contribution in [0, 0.1) is 11.8 Å². The summed E-state index contributed by atoms with van der Waals surface area (Å²) in [4.78, 5) is 10.9. The first-order valence-electron chi connectivity index (χ1n) is 7.33. The second-order valence-corrected chi connectivity index (χ2v) is 5.70. The van der Waals surface area contributed by atoms with Crippen molar-refractivity contribution >= 4 is 5.97 Å². The van der Waals surface area contributed by atoms with Gasteiger partial charge in [0.15, 0.2) is 0 Å². The number of hydrogen-bond donors (Lipinski definition) is 2. The molecule has 1 aromatic rings. The molecule has 124 valence electrons. The van der Waals surface area contributed by atoms with Crippen LogP contribution in [-0.4, -0.2) is 17.6 Å². The van der Waals surface area contributed by atoms with E-state index < -0.39 is 23.6 Å². The van der Waals surface area contributed by atoms with E-state index in [9.17, 15) is 18.0 Å². The number of carboxylic acids is 1. The van der Waals surface area contributed by atoms with Gasteiger partial charge >= 0.3 is 12.1 Å². The third-order valence-corrected chi connectivity index (χ3v) is 3.76. The summed E-state index contributed by atoms with van der Waals surface area (Å²) in [6.45, 7) is 2.09. The molecule has 6 heteroatoms. The summed E-state index contributed by atoms with van der Waals surface area (Å²) >= 11 is 0. The lowest BCUT2D eigenvalue weighted by Crippen LogP contribution is -2.25. The molecule has 0 unspecified atom stereocenters. The summed E-state index contributed by atoms with van der Waals surface area (Å²) in [6.07, 6.45) is -1.46. The predicted molar refractivity (Wildman–Crippen MR) is 78.3 cm³/mol. The number of alkyl halides is 3. The van der Waals surface area contributed by atoms with Crippen LogP contribution in [0.3, 0.4) is 0 Å². The van der Waals surface area contributed by atoms with E-state index in [1.54, 1.807) is 0 Å². The molecule has 0 spiro atoms. The Morgan fingerprint density at radius 3 is 2.32 bits per heavy atom. The van der Waals surface area contributed by atoms with Crippen molar-refractivity contribution in [3.63, 3.8) is 0 Å². The molecular formula is C16H22F3NO2. The van der Waals surface area contributed by atoms with Crippen molar-refractivity contribution in [2.75, 3.05) is 6.54 Å². The molecule has 2 atom stereocenters. The highest BCUT2D eigenvalue weighted by molar-refractivity contribution is 5.70. The number of hydrogen-bond acceptors (Lipinski definition) is 2. The van der Waals surface area contributed by atoms with E-state index in [2.05, 4.69) is 0 Å². The van der Waals surface area contributed by atoms with Crippen LogP contribution in [0.4, 0.5) is 13.2 Å². The minimum Gasteiger partial charge on any atom is -0.481 e. The third-order valence-electron chi connectivity index (χ3n) is 3.76. The molecule has 0 aliphatic heterocycles. The lowest BCUT2D eigenvalue weighted by molar-refractivity contribution is -0.142. The van der Waals surface area contributed by atoms with Crippen molar-refractivity contribution in [1.82, 2.24) is 0 Å². The monoisotopic (exact) mass is 317 g/mol. The molecule has 3 nitrogen and oxygen atoms in total. The SMILES string of the molecule is C[C@H](CCCc1ccc(C(F)(F)F)cc1)C[C@H](CN)C(=O)O. The highest BCUT2D eigenvalue weighted by Gasteiger charge is 2.29. The number of aliphatic carboxylic acids is 1. The quantitative estimate of drug-likeness (QED) is 0.768. The van der Waals surface area contributed by atoms with Crippen LogP contribution < -0.4 is 5.73 Å². The van der Waals surface area contributed by atoms with Crippen molar-refractivity contribution in [2.45, 2.75) is 38.8 Å². The van der Waals surface area contributed by atoms with E-state index in [-0.39, 0.29) is 12.5 Å². The summed E-state index contributed by atoms with van der Waals surface area (Å²) in [5.41, 5.74) is 5.63. The smallest absolute Gasteiger partial charge is 0.416 e. The fourth-order valence-electron chi connectivity index (χ4n) is 2.42. The molecule has 0 bridgehead atoms. The second kappa shape index (κ2) is 8.17. The van der Waals surface area contributed by atoms with Gasteiger partial charge in [0.2, 0.25) is 0 Å². The molecule has 0 saturated heterocycles. The van der Waals surface area contributed by atoms with Crippen LogP contribution >= 0.6 is 0 Å². The topological polar surface area (TPSA) is 63.3 Å². The maximum absolute atomic E-state index is 12.4. The van der Waals surface area contributed by atoms with Gasteiger partial charge in [-0.2, -0.15) is 13.2 Å². The summed E-state index contributed by atoms with van der Waals surface area (Å²) in [5.74, 6) is -1.18. The molecule has 1 rings (SSSR count). The zero-order chi connectivity index (χ0) is 16.8. The number of aryl methyl sites for hydroxylation is 1. The summed E-state index contributed by atoms with van der Waals surface area (Å²) in [5, 5.41) is 8.95. The molecule has 0 aliphatic rings. The Kier molecular flexibility index (Phi) is 6.87. The van der Waals surface area contributed by atoms with Gasteiger partial charge in [0.1, 0.15) is 0 Å². The Hall–Kier alpha value is -1.56. The number of nitrogens with two attached hydrogens (primary N) is 1. The second-order valence-electron chi connectivity index (χ2n) is 5.70. The predicted octanol–water partition coefficient (Wildman–Crippen LogP) is 3.71. The fraction of sp³-hybridized carbons (Fsp3) is 0.562. The normalized spacial score (nSPS) is 14.6. The van der Waals surface area contributed by atoms with Gasteiger partial charge in [-0.05, 0) is 42.9 Å². The van der Waals surface area contributed by atoms with Gasteiger partial charge in [0.05, 0.1) is 11.5 Å². The van der Waals surface area contributed by atoms with Crippen LogP contribution in [0.5, 0.6) is 0 Å². The molecule has 0 amide bonds. The molecule has 0 saturated carbocycles. The Balaban J connectivity index is 2.39. The van der Waals surface area contributed by atoms with E-state index in [0.29, 0.717) is 12.8 Å². The zero-order valence-electron chi connectivity index (χ0n) is 12.6. The average Bonchev–Trinajstić information content (AvgIpc) is 2.44. The van der Waals surface area contributed by atoms with Crippen molar-refractivity contribution in [3.8, 4) is 0 Å². The van der Waals surface area contributed by atoms with Gasteiger partial charge in [-0.3, -0.25) is 4.79 Å². The van der Waals surface area contributed by atoms with Crippen LogP contribution in [0.1, 0.15) is 37.3 Å². The maximum Gasteiger partial charge on any atom is 0.416 e. The summed E-state index contributed by atoms with van der Waals surface area (Å²) in [6, 6.07) is 5.17. The number of rotatable bonds is 8. The van der Waals surface area contributed by atoms with Crippen molar-refractivity contribution in [3.05, 3.63) is 35.4 Å². The van der Waals surface area contributed by atoms with Crippen molar-refractivity contribution in [1.29, 1.82) is 0 Å². The molecule has 3 N–H and O–H groups in total. The Bertz CT molecular complexity index is 471. The fourth-order valence-corrected chi connectivity index (χ4v) is 2.42. The molecule has 0 heterocycles. The average molecular weight is 317 g/mol. The molecule has 0 radical (unpaired) electrons. The van der Waals surface area contributed by atoms with Crippen LogP contribution in [0.2, 0.25) is 0 Å². The van der Waals surface area contributed by atoms with Crippen LogP contribution in [0.25, 0.3) is 0 Å². The number of carboxylic acid groups (broad SMARTS) is 1. The highest BCUT2D eigenvalue weighted by Crippen LogP contribution is 2.29. The Morgan fingerprint density at radius 1 is 1.27 bits per heavy atom. The van der Waals surface area contributed by atoms with E-state index in [0.717, 1.165) is 30.5 Å². The van der Waals surface area contributed by atoms with Gasteiger partial charge in [0, 0.05) is 6.54 Å². The Labute approximate surface area is 128 Å². The largest absolute Gasteiger partial charge is 0.481 e. The van der Waals surface area contributed by atoms with E-state index in [1.165, 1.54) is 12.1 Å². The molecule has 0 fully saturated rings. The van der Waals surface area contributed by atoms with Crippen molar-refractivity contribution in [2.24, 2.45) is 17.6 Å². The summed E-state index contributed by atoms with van der Waals surface area (Å²) < 4.78 is 37.3. The van der Waals surface area contributed by atoms with Gasteiger partial charge in [-0.1, -0.05) is 25.5 Å². The van der Waals surface area contributed by atoms with Gasteiger partial charge in [0.25, 0.3) is 0 Å². The Morgan fingerprint density at radius 2 is 1.86 bits per heavy atom. The first-order valence-corrected chi connectivity index (χ1v) is 7.33. The molecular weight excluding hydrogens is 295 g/mol. The number of halogens is 3. The standard InChI is InChI=1S/C16H22F3NO2/c1-11(9-13(10-20)15(21)22)3-2-4-12-5-7-14(8-6-12)16(17,18)19/h5-8,11,13H,2-4,9-10,20H2,1H3,(H,21,22)/t11-,13-/m1/s1. The number of carbonyl (C=O) groups is 1. The maximum atomic E-state index is 12.4. The van der Waals surface area contributed by atoms with Gasteiger partial charge in [-0.25, -0.2) is 0 Å². The lowest BCUT2D eigenvalue weighted by Gasteiger charge is -2.16. The minimum absolute atomic E-state index is 0.124. The van der Waals surface area contributed by atoms with Gasteiger partial charge < -0.3 is 10.8 Å². The third kappa shape index (κ3) is 6.05. The first kappa shape index (κ1) is 18.5. The summed E-state index contributed by atoms with van der Waals surface area (Å²) in [7, 11) is 0. The van der Waals surface area contributed by atoms with Crippen LogP contribution in [0.15, 0.2) is 24.3 Å². The molecule has 0 aromatic heterocycles. The minimum atomic E-state index is -4.30. The van der Waals surface area contributed by atoms with Gasteiger partial charge in [-0.15, -0.1) is 0 Å². The highest BCUT2D eigenvalue weighted by atomic mass is 19.4. The molecule has 1 aromatic carbocycles. The molecule has 0 aliphatic carbocycles. The van der Waals surface area contributed by atoms with Crippen LogP contribution in [-0.2, 0) is 17.4 Å². The lowest BCUT2D eigenvalue weighted by atomic mass is 9.91. The van der Waals surface area contributed by atoms with Crippen molar-refractivity contribution < 1.29 is 23.1 Å². The first-order chi connectivity index (χ1) is 10.2. The van der Waals surface area contributed by atoms with E-state index >= 15 is 0 Å². The number of benzene rings is 1.